The van der Waals surface area contributed by atoms with E-state index in [1.165, 1.54) is 25.7 Å². The van der Waals surface area contributed by atoms with Gasteiger partial charge in [0.25, 0.3) is 0 Å². The molecule has 1 aromatic rings. The molecular formula is C15H22BrClN2O. The largest absolute Gasteiger partial charge is 0.326 e. The minimum atomic E-state index is 0. The van der Waals surface area contributed by atoms with Gasteiger partial charge < -0.3 is 10.2 Å². The van der Waals surface area contributed by atoms with Crippen molar-refractivity contribution < 1.29 is 4.79 Å². The van der Waals surface area contributed by atoms with Gasteiger partial charge >= 0.3 is 0 Å². The SMILES string of the molecule is Cl.O=C(CCN1CCCCCC1)Nc1ccc(Br)cc1. The number of halogens is 2. The zero-order valence-corrected chi connectivity index (χ0v) is 14.0. The molecule has 5 heteroatoms. The van der Waals surface area contributed by atoms with Gasteiger partial charge in [-0.25, -0.2) is 0 Å². The lowest BCUT2D eigenvalue weighted by Gasteiger charge is -2.19. The third-order valence-electron chi connectivity index (χ3n) is 3.48. The number of amides is 1. The van der Waals surface area contributed by atoms with Crippen molar-refractivity contribution in [1.29, 1.82) is 0 Å². The third kappa shape index (κ3) is 6.25. The van der Waals surface area contributed by atoms with E-state index in [1.807, 2.05) is 24.3 Å². The molecule has 0 spiro atoms. The van der Waals surface area contributed by atoms with Gasteiger partial charge in [-0.1, -0.05) is 28.8 Å². The van der Waals surface area contributed by atoms with Gasteiger partial charge in [0.15, 0.2) is 0 Å². The van der Waals surface area contributed by atoms with Crippen LogP contribution >= 0.6 is 28.3 Å². The molecule has 20 heavy (non-hydrogen) atoms. The average molecular weight is 362 g/mol. The predicted octanol–water partition coefficient (Wildman–Crippen LogP) is 4.08. The first-order valence-corrected chi connectivity index (χ1v) is 7.81. The van der Waals surface area contributed by atoms with Crippen LogP contribution in [0.25, 0.3) is 0 Å². The second kappa shape index (κ2) is 9.37. The number of carbonyl (C=O) groups excluding carboxylic acids is 1. The molecule has 0 atom stereocenters. The Balaban J connectivity index is 0.00000200. The molecule has 0 aromatic heterocycles. The lowest BCUT2D eigenvalue weighted by Crippen LogP contribution is -2.28. The number of anilines is 1. The van der Waals surface area contributed by atoms with Crippen LogP contribution in [-0.4, -0.2) is 30.4 Å². The first-order valence-electron chi connectivity index (χ1n) is 7.02. The van der Waals surface area contributed by atoms with Crippen LogP contribution in [0, 0.1) is 0 Å². The van der Waals surface area contributed by atoms with E-state index < -0.39 is 0 Å². The van der Waals surface area contributed by atoms with Crippen LogP contribution in [0.2, 0.25) is 0 Å². The van der Waals surface area contributed by atoms with Crippen LogP contribution in [0.5, 0.6) is 0 Å². The maximum atomic E-state index is 11.9. The zero-order chi connectivity index (χ0) is 13.5. The van der Waals surface area contributed by atoms with E-state index in [0.717, 1.165) is 29.8 Å². The van der Waals surface area contributed by atoms with Crippen molar-refractivity contribution in [3.63, 3.8) is 0 Å². The molecule has 1 heterocycles. The quantitative estimate of drug-likeness (QED) is 0.876. The molecule has 0 unspecified atom stereocenters. The Labute approximate surface area is 135 Å². The second-order valence-corrected chi connectivity index (χ2v) is 5.98. The summed E-state index contributed by atoms with van der Waals surface area (Å²) in [4.78, 5) is 14.3. The molecule has 1 N–H and O–H groups in total. The van der Waals surface area contributed by atoms with Crippen LogP contribution in [0.3, 0.4) is 0 Å². The molecular weight excluding hydrogens is 340 g/mol. The van der Waals surface area contributed by atoms with Crippen LogP contribution in [0.4, 0.5) is 5.69 Å². The lowest BCUT2D eigenvalue weighted by atomic mass is 10.2. The zero-order valence-electron chi connectivity index (χ0n) is 11.6. The first kappa shape index (κ1) is 17.5. The number of benzene rings is 1. The minimum Gasteiger partial charge on any atom is -0.326 e. The van der Waals surface area contributed by atoms with E-state index >= 15 is 0 Å². The Morgan fingerprint density at radius 2 is 1.70 bits per heavy atom. The Hall–Kier alpha value is -0.580. The molecule has 1 aliphatic rings. The molecule has 1 aromatic carbocycles. The molecule has 1 aliphatic heterocycles. The van der Waals surface area contributed by atoms with Crippen LogP contribution in [0.15, 0.2) is 28.7 Å². The highest BCUT2D eigenvalue weighted by Gasteiger charge is 2.10. The van der Waals surface area contributed by atoms with Gasteiger partial charge in [-0.15, -0.1) is 12.4 Å². The van der Waals surface area contributed by atoms with E-state index in [4.69, 9.17) is 0 Å². The average Bonchev–Trinajstić information content (AvgIpc) is 2.68. The van der Waals surface area contributed by atoms with Gasteiger partial charge in [0.2, 0.25) is 5.91 Å². The summed E-state index contributed by atoms with van der Waals surface area (Å²) in [6, 6.07) is 7.69. The fourth-order valence-electron chi connectivity index (χ4n) is 2.38. The summed E-state index contributed by atoms with van der Waals surface area (Å²) in [5, 5.41) is 2.94. The number of nitrogens with zero attached hydrogens (tertiary/aromatic N) is 1. The lowest BCUT2D eigenvalue weighted by molar-refractivity contribution is -0.116. The van der Waals surface area contributed by atoms with Crippen molar-refractivity contribution >= 4 is 39.9 Å². The fraction of sp³-hybridized carbons (Fsp3) is 0.533. The Morgan fingerprint density at radius 3 is 2.30 bits per heavy atom. The third-order valence-corrected chi connectivity index (χ3v) is 4.01. The van der Waals surface area contributed by atoms with E-state index in [1.54, 1.807) is 0 Å². The van der Waals surface area contributed by atoms with Crippen molar-refractivity contribution in [3.05, 3.63) is 28.7 Å². The summed E-state index contributed by atoms with van der Waals surface area (Å²) in [5.74, 6) is 0.103. The molecule has 0 radical (unpaired) electrons. The van der Waals surface area contributed by atoms with E-state index in [9.17, 15) is 4.79 Å². The highest BCUT2D eigenvalue weighted by atomic mass is 79.9. The molecule has 112 valence electrons. The monoisotopic (exact) mass is 360 g/mol. The van der Waals surface area contributed by atoms with E-state index in [-0.39, 0.29) is 18.3 Å². The normalized spacial score (nSPS) is 16.1. The number of hydrogen-bond donors (Lipinski definition) is 1. The van der Waals surface area contributed by atoms with Crippen LogP contribution < -0.4 is 5.32 Å². The van der Waals surface area contributed by atoms with Gasteiger partial charge in [-0.3, -0.25) is 4.79 Å². The number of hydrogen-bond acceptors (Lipinski definition) is 2. The van der Waals surface area contributed by atoms with Crippen molar-refractivity contribution in [2.75, 3.05) is 25.0 Å². The molecule has 1 saturated heterocycles. The molecule has 1 fully saturated rings. The summed E-state index contributed by atoms with van der Waals surface area (Å²) in [6.45, 7) is 3.17. The van der Waals surface area contributed by atoms with Gasteiger partial charge in [-0.05, 0) is 50.2 Å². The highest BCUT2D eigenvalue weighted by Crippen LogP contribution is 2.14. The van der Waals surface area contributed by atoms with Crippen molar-refractivity contribution in [3.8, 4) is 0 Å². The fourth-order valence-corrected chi connectivity index (χ4v) is 2.64. The Kier molecular flexibility index (Phi) is 8.19. The van der Waals surface area contributed by atoms with Gasteiger partial charge in [0.05, 0.1) is 0 Å². The van der Waals surface area contributed by atoms with Gasteiger partial charge in [0.1, 0.15) is 0 Å². The van der Waals surface area contributed by atoms with E-state index in [2.05, 4.69) is 26.1 Å². The van der Waals surface area contributed by atoms with Crippen molar-refractivity contribution in [1.82, 2.24) is 4.90 Å². The maximum Gasteiger partial charge on any atom is 0.225 e. The second-order valence-electron chi connectivity index (χ2n) is 5.06. The molecule has 0 aliphatic carbocycles. The Bertz CT molecular complexity index is 403. The molecule has 1 amide bonds. The molecule has 0 bridgehead atoms. The summed E-state index contributed by atoms with van der Waals surface area (Å²) in [7, 11) is 0. The highest BCUT2D eigenvalue weighted by molar-refractivity contribution is 9.10. The summed E-state index contributed by atoms with van der Waals surface area (Å²) >= 11 is 3.38. The molecule has 0 saturated carbocycles. The summed E-state index contributed by atoms with van der Waals surface area (Å²) in [5.41, 5.74) is 0.865. The number of likely N-dealkylation sites (tertiary alicyclic amines) is 1. The number of nitrogens with one attached hydrogen (secondary N) is 1. The van der Waals surface area contributed by atoms with Crippen LogP contribution in [-0.2, 0) is 4.79 Å². The van der Waals surface area contributed by atoms with Gasteiger partial charge in [0, 0.05) is 23.1 Å². The Morgan fingerprint density at radius 1 is 1.10 bits per heavy atom. The number of carbonyl (C=O) groups is 1. The van der Waals surface area contributed by atoms with E-state index in [0.29, 0.717) is 6.42 Å². The standard InChI is InChI=1S/C15H21BrN2O.ClH/c16-13-5-7-14(8-6-13)17-15(19)9-12-18-10-3-1-2-4-11-18;/h5-8H,1-4,9-12H2,(H,17,19);1H. The van der Waals surface area contributed by atoms with Crippen molar-refractivity contribution in [2.24, 2.45) is 0 Å². The first-order chi connectivity index (χ1) is 9.24. The predicted molar refractivity (Wildman–Crippen MR) is 89.5 cm³/mol. The summed E-state index contributed by atoms with van der Waals surface area (Å²) < 4.78 is 1.02. The molecule has 2 rings (SSSR count). The van der Waals surface area contributed by atoms with Crippen molar-refractivity contribution in [2.45, 2.75) is 32.1 Å². The number of rotatable bonds is 4. The van der Waals surface area contributed by atoms with Crippen LogP contribution in [0.1, 0.15) is 32.1 Å². The topological polar surface area (TPSA) is 32.3 Å². The van der Waals surface area contributed by atoms with Gasteiger partial charge in [-0.2, -0.15) is 0 Å². The smallest absolute Gasteiger partial charge is 0.225 e. The maximum absolute atomic E-state index is 11.9. The molecule has 3 nitrogen and oxygen atoms in total. The minimum absolute atomic E-state index is 0. The summed E-state index contributed by atoms with van der Waals surface area (Å²) in [6.07, 6.45) is 5.79.